The maximum absolute atomic E-state index is 12.6. The standard InChI is InChI=1S/C16H21N3O3S2/c1-12-3-5-15(18-17-12)22-11-14-7-9-19(10-8-14)24(20,21)16-6-4-13(2)23-16/h3-6,14H,7-11H2,1-2H3. The molecule has 0 amide bonds. The first-order valence-electron chi connectivity index (χ1n) is 7.95. The summed E-state index contributed by atoms with van der Waals surface area (Å²) in [5, 5.41) is 7.94. The molecule has 0 aliphatic carbocycles. The summed E-state index contributed by atoms with van der Waals surface area (Å²) in [6.07, 6.45) is 1.59. The molecule has 130 valence electrons. The first-order valence-corrected chi connectivity index (χ1v) is 10.2. The second kappa shape index (κ2) is 7.16. The van der Waals surface area contributed by atoms with E-state index in [4.69, 9.17) is 4.74 Å². The average Bonchev–Trinajstić information content (AvgIpc) is 3.02. The van der Waals surface area contributed by atoms with Gasteiger partial charge in [0.05, 0.1) is 12.3 Å². The van der Waals surface area contributed by atoms with Gasteiger partial charge in [-0.3, -0.25) is 0 Å². The second-order valence-corrected chi connectivity index (χ2v) is 9.49. The molecule has 1 fully saturated rings. The molecular weight excluding hydrogens is 346 g/mol. The van der Waals surface area contributed by atoms with Crippen LogP contribution in [0.15, 0.2) is 28.5 Å². The Kier molecular flexibility index (Phi) is 5.17. The van der Waals surface area contributed by atoms with Gasteiger partial charge in [-0.15, -0.1) is 16.4 Å². The van der Waals surface area contributed by atoms with Crippen molar-refractivity contribution < 1.29 is 13.2 Å². The highest BCUT2D eigenvalue weighted by molar-refractivity contribution is 7.91. The first-order chi connectivity index (χ1) is 11.4. The number of nitrogens with zero attached hydrogens (tertiary/aromatic N) is 3. The van der Waals surface area contributed by atoms with Crippen molar-refractivity contribution in [1.82, 2.24) is 14.5 Å². The molecule has 0 unspecified atom stereocenters. The van der Waals surface area contributed by atoms with E-state index in [1.54, 1.807) is 16.4 Å². The van der Waals surface area contributed by atoms with Crippen LogP contribution in [0.1, 0.15) is 23.4 Å². The summed E-state index contributed by atoms with van der Waals surface area (Å²) in [7, 11) is -3.35. The molecule has 0 aromatic carbocycles. The Balaban J connectivity index is 1.53. The fourth-order valence-corrected chi connectivity index (χ4v) is 5.57. The largest absolute Gasteiger partial charge is 0.476 e. The minimum atomic E-state index is -3.35. The molecule has 2 aromatic heterocycles. The molecule has 6 nitrogen and oxygen atoms in total. The highest BCUT2D eigenvalue weighted by atomic mass is 32.2. The smallest absolute Gasteiger partial charge is 0.252 e. The zero-order valence-electron chi connectivity index (χ0n) is 13.8. The number of sulfonamides is 1. The summed E-state index contributed by atoms with van der Waals surface area (Å²) in [4.78, 5) is 1.01. The Labute approximate surface area is 146 Å². The van der Waals surface area contributed by atoms with Gasteiger partial charge in [-0.05, 0) is 50.8 Å². The molecule has 0 atom stereocenters. The minimum absolute atomic E-state index is 0.338. The van der Waals surface area contributed by atoms with Gasteiger partial charge in [0.1, 0.15) is 4.21 Å². The van der Waals surface area contributed by atoms with Crippen LogP contribution in [0.2, 0.25) is 0 Å². The van der Waals surface area contributed by atoms with Crippen molar-refractivity contribution in [3.63, 3.8) is 0 Å². The lowest BCUT2D eigenvalue weighted by molar-refractivity contribution is 0.180. The van der Waals surface area contributed by atoms with Crippen molar-refractivity contribution in [3.05, 3.63) is 34.8 Å². The van der Waals surface area contributed by atoms with Crippen LogP contribution < -0.4 is 4.74 Å². The van der Waals surface area contributed by atoms with E-state index < -0.39 is 10.0 Å². The van der Waals surface area contributed by atoms with E-state index in [-0.39, 0.29) is 0 Å². The SMILES string of the molecule is Cc1ccc(OCC2CCN(S(=O)(=O)c3ccc(C)s3)CC2)nn1. The number of piperidine rings is 1. The molecule has 1 saturated heterocycles. The van der Waals surface area contributed by atoms with Gasteiger partial charge in [0.25, 0.3) is 10.0 Å². The molecule has 0 N–H and O–H groups in total. The number of hydrogen-bond donors (Lipinski definition) is 0. The van der Waals surface area contributed by atoms with Gasteiger partial charge in [0.2, 0.25) is 5.88 Å². The van der Waals surface area contributed by atoms with Crippen LogP contribution in [0.25, 0.3) is 0 Å². The van der Waals surface area contributed by atoms with Crippen LogP contribution >= 0.6 is 11.3 Å². The third-order valence-corrected chi connectivity index (χ3v) is 7.49. The van der Waals surface area contributed by atoms with Gasteiger partial charge in [0, 0.05) is 24.0 Å². The normalized spacial score (nSPS) is 17.1. The first kappa shape index (κ1) is 17.3. The van der Waals surface area contributed by atoms with Crippen LogP contribution in [0.4, 0.5) is 0 Å². The number of rotatable bonds is 5. The predicted molar refractivity (Wildman–Crippen MR) is 92.8 cm³/mol. The lowest BCUT2D eigenvalue weighted by atomic mass is 9.99. The Morgan fingerprint density at radius 1 is 1.17 bits per heavy atom. The van der Waals surface area contributed by atoms with Gasteiger partial charge < -0.3 is 4.74 Å². The number of hydrogen-bond acceptors (Lipinski definition) is 6. The lowest BCUT2D eigenvalue weighted by Gasteiger charge is -2.30. The van der Waals surface area contributed by atoms with E-state index >= 15 is 0 Å². The zero-order valence-corrected chi connectivity index (χ0v) is 15.4. The fraction of sp³-hybridized carbons (Fsp3) is 0.500. The summed E-state index contributed by atoms with van der Waals surface area (Å²) < 4.78 is 32.9. The summed E-state index contributed by atoms with van der Waals surface area (Å²) in [6.45, 7) is 5.41. The van der Waals surface area contributed by atoms with Crippen molar-refractivity contribution in [3.8, 4) is 5.88 Å². The number of thiophene rings is 1. The van der Waals surface area contributed by atoms with Gasteiger partial charge in [0.15, 0.2) is 0 Å². The molecule has 1 aliphatic rings. The molecule has 2 aromatic rings. The van der Waals surface area contributed by atoms with E-state index in [1.807, 2.05) is 26.0 Å². The van der Waals surface area contributed by atoms with Gasteiger partial charge >= 0.3 is 0 Å². The maximum Gasteiger partial charge on any atom is 0.252 e. The van der Waals surface area contributed by atoms with Crippen LogP contribution in [-0.2, 0) is 10.0 Å². The summed E-state index contributed by atoms with van der Waals surface area (Å²) in [5.74, 6) is 0.856. The average molecular weight is 367 g/mol. The molecule has 1 aliphatic heterocycles. The van der Waals surface area contributed by atoms with Gasteiger partial charge in [-0.2, -0.15) is 9.40 Å². The highest BCUT2D eigenvalue weighted by Gasteiger charge is 2.30. The molecule has 24 heavy (non-hydrogen) atoms. The van der Waals surface area contributed by atoms with E-state index in [0.717, 1.165) is 23.4 Å². The van der Waals surface area contributed by atoms with Crippen LogP contribution in [0.3, 0.4) is 0 Å². The van der Waals surface area contributed by atoms with Crippen LogP contribution in [-0.4, -0.2) is 42.6 Å². The Morgan fingerprint density at radius 3 is 2.50 bits per heavy atom. The molecule has 0 saturated carbocycles. The molecule has 3 heterocycles. The predicted octanol–water partition coefficient (Wildman–Crippen LogP) is 2.63. The molecular formula is C16H21N3O3S2. The topological polar surface area (TPSA) is 72.4 Å². The minimum Gasteiger partial charge on any atom is -0.476 e. The van der Waals surface area contributed by atoms with Crippen molar-refractivity contribution in [2.45, 2.75) is 30.9 Å². The van der Waals surface area contributed by atoms with Crippen LogP contribution in [0, 0.1) is 19.8 Å². The van der Waals surface area contributed by atoms with E-state index in [2.05, 4.69) is 10.2 Å². The third-order valence-electron chi connectivity index (χ3n) is 4.12. The number of ether oxygens (including phenoxy) is 1. The Bertz CT molecular complexity index is 779. The quantitative estimate of drug-likeness (QED) is 0.812. The maximum atomic E-state index is 12.6. The van der Waals surface area contributed by atoms with Gasteiger partial charge in [-0.1, -0.05) is 0 Å². The fourth-order valence-electron chi connectivity index (χ4n) is 2.66. The highest BCUT2D eigenvalue weighted by Crippen LogP contribution is 2.28. The number of aromatic nitrogens is 2. The summed E-state index contributed by atoms with van der Waals surface area (Å²) in [6, 6.07) is 7.21. The number of aryl methyl sites for hydroxylation is 2. The van der Waals surface area contributed by atoms with E-state index in [1.165, 1.54) is 11.3 Å². The monoisotopic (exact) mass is 367 g/mol. The second-order valence-electron chi connectivity index (χ2n) is 6.04. The van der Waals surface area contributed by atoms with Gasteiger partial charge in [-0.25, -0.2) is 8.42 Å². The molecule has 0 bridgehead atoms. The van der Waals surface area contributed by atoms with E-state index in [0.29, 0.717) is 35.7 Å². The molecule has 3 rings (SSSR count). The van der Waals surface area contributed by atoms with Crippen LogP contribution in [0.5, 0.6) is 5.88 Å². The van der Waals surface area contributed by atoms with Crippen molar-refractivity contribution in [2.24, 2.45) is 5.92 Å². The van der Waals surface area contributed by atoms with E-state index in [9.17, 15) is 8.42 Å². The zero-order chi connectivity index (χ0) is 17.2. The lowest BCUT2D eigenvalue weighted by Crippen LogP contribution is -2.39. The molecule has 0 spiro atoms. The van der Waals surface area contributed by atoms with Crippen molar-refractivity contribution in [1.29, 1.82) is 0 Å². The van der Waals surface area contributed by atoms with Crippen molar-refractivity contribution in [2.75, 3.05) is 19.7 Å². The third kappa shape index (κ3) is 3.93. The summed E-state index contributed by atoms with van der Waals surface area (Å²) >= 11 is 1.33. The Hall–Kier alpha value is -1.51. The summed E-state index contributed by atoms with van der Waals surface area (Å²) in [5.41, 5.74) is 0.852. The molecule has 8 heteroatoms. The van der Waals surface area contributed by atoms with Crippen molar-refractivity contribution >= 4 is 21.4 Å². The molecule has 0 radical (unpaired) electrons. The Morgan fingerprint density at radius 2 is 1.92 bits per heavy atom.